The number of allylic oxidation sites excluding steroid dienone is 2. The molecule has 4 unspecified atom stereocenters. The van der Waals surface area contributed by atoms with Gasteiger partial charge in [0, 0.05) is 12.2 Å². The number of nitrogens with zero attached hydrogens (tertiary/aromatic N) is 1. The van der Waals surface area contributed by atoms with Gasteiger partial charge < -0.3 is 9.57 Å². The zero-order valence-electron chi connectivity index (χ0n) is 10.6. The summed E-state index contributed by atoms with van der Waals surface area (Å²) in [5.41, 5.74) is 0. The van der Waals surface area contributed by atoms with Gasteiger partial charge >= 0.3 is 5.24 Å². The molecular weight excluding hydrogens is 266 g/mol. The van der Waals surface area contributed by atoms with Gasteiger partial charge in [0.1, 0.15) is 0 Å². The molecular formula is C13H15NO4S. The van der Waals surface area contributed by atoms with E-state index in [0.717, 1.165) is 17.9 Å². The van der Waals surface area contributed by atoms with Crippen molar-refractivity contribution in [3.8, 4) is 0 Å². The maximum atomic E-state index is 12.2. The van der Waals surface area contributed by atoms with Crippen LogP contribution in [-0.4, -0.2) is 28.7 Å². The number of hydrogen-bond acceptors (Lipinski definition) is 5. The first-order chi connectivity index (χ1) is 9.13. The summed E-state index contributed by atoms with van der Waals surface area (Å²) in [7, 11) is 0. The maximum Gasteiger partial charge on any atom is 0.378 e. The zero-order valence-corrected chi connectivity index (χ0v) is 11.4. The molecule has 2 fully saturated rings. The Hall–Kier alpha value is -1.43. The minimum absolute atomic E-state index is 0.163. The number of imide groups is 1. The Labute approximate surface area is 116 Å². The largest absolute Gasteiger partial charge is 0.455 e. The first-order valence-corrected chi connectivity index (χ1v) is 6.95. The van der Waals surface area contributed by atoms with Gasteiger partial charge in [0.25, 0.3) is 11.8 Å². The molecule has 0 spiro atoms. The van der Waals surface area contributed by atoms with E-state index in [-0.39, 0.29) is 40.7 Å². The fraction of sp³-hybridized carbons (Fsp3) is 0.615. The minimum Gasteiger partial charge on any atom is -0.455 e. The molecule has 5 nitrogen and oxygen atoms in total. The molecule has 1 aliphatic heterocycles. The van der Waals surface area contributed by atoms with E-state index in [1.54, 1.807) is 0 Å². The van der Waals surface area contributed by atoms with E-state index < -0.39 is 0 Å². The first-order valence-electron chi connectivity index (χ1n) is 6.54. The summed E-state index contributed by atoms with van der Waals surface area (Å²) in [5.74, 6) is -0.757. The van der Waals surface area contributed by atoms with Gasteiger partial charge in [0.2, 0.25) is 0 Å². The van der Waals surface area contributed by atoms with Crippen molar-refractivity contribution in [3.63, 3.8) is 0 Å². The van der Waals surface area contributed by atoms with Crippen LogP contribution in [0.25, 0.3) is 0 Å². The van der Waals surface area contributed by atoms with Crippen molar-refractivity contribution < 1.29 is 19.2 Å². The van der Waals surface area contributed by atoms with E-state index in [1.807, 2.05) is 19.1 Å². The predicted molar refractivity (Wildman–Crippen MR) is 69.5 cm³/mol. The van der Waals surface area contributed by atoms with Crippen molar-refractivity contribution in [2.75, 3.05) is 6.61 Å². The molecule has 2 aliphatic carbocycles. The van der Waals surface area contributed by atoms with Crippen molar-refractivity contribution in [1.82, 2.24) is 5.06 Å². The van der Waals surface area contributed by atoms with Crippen molar-refractivity contribution in [2.24, 2.45) is 23.7 Å². The van der Waals surface area contributed by atoms with Crippen LogP contribution in [0, 0.1) is 23.7 Å². The van der Waals surface area contributed by atoms with Gasteiger partial charge in [-0.3, -0.25) is 9.59 Å². The summed E-state index contributed by atoms with van der Waals surface area (Å²) in [4.78, 5) is 29.6. The van der Waals surface area contributed by atoms with Crippen LogP contribution >= 0.6 is 12.2 Å². The van der Waals surface area contributed by atoms with E-state index in [2.05, 4.69) is 0 Å². The summed E-state index contributed by atoms with van der Waals surface area (Å²) < 4.78 is 5.09. The highest BCUT2D eigenvalue weighted by molar-refractivity contribution is 7.79. The Morgan fingerprint density at radius 2 is 1.89 bits per heavy atom. The average molecular weight is 281 g/mol. The third-order valence-electron chi connectivity index (χ3n) is 4.02. The SMILES string of the molecule is CCCOC(=S)ON1C(=O)C2C3C=CC(C3)C2C1=O. The van der Waals surface area contributed by atoms with E-state index in [1.165, 1.54) is 0 Å². The lowest BCUT2D eigenvalue weighted by Gasteiger charge is -2.17. The van der Waals surface area contributed by atoms with E-state index >= 15 is 0 Å². The van der Waals surface area contributed by atoms with Gasteiger partial charge in [-0.1, -0.05) is 19.1 Å². The molecule has 3 rings (SSSR count). The predicted octanol–water partition coefficient (Wildman–Crippen LogP) is 1.44. The van der Waals surface area contributed by atoms with Gasteiger partial charge in [-0.05, 0) is 24.7 Å². The lowest BCUT2D eigenvalue weighted by Crippen LogP contribution is -2.35. The van der Waals surface area contributed by atoms with Crippen molar-refractivity contribution >= 4 is 29.3 Å². The van der Waals surface area contributed by atoms with Crippen molar-refractivity contribution in [2.45, 2.75) is 19.8 Å². The molecule has 0 aromatic carbocycles. The monoisotopic (exact) mass is 281 g/mol. The molecule has 4 atom stereocenters. The number of fused-ring (bicyclic) bond motifs is 5. The minimum atomic E-state index is -0.283. The van der Waals surface area contributed by atoms with Crippen molar-refractivity contribution in [1.29, 1.82) is 0 Å². The highest BCUT2D eigenvalue weighted by Gasteiger charge is 2.60. The molecule has 0 aromatic rings. The standard InChI is InChI=1S/C13H15NO4S/c1-2-5-17-13(19)18-14-11(15)9-7-3-4-8(6-7)10(9)12(14)16/h3-4,7-10H,2,5-6H2,1H3. The molecule has 1 heterocycles. The lowest BCUT2D eigenvalue weighted by molar-refractivity contribution is -0.173. The molecule has 0 radical (unpaired) electrons. The summed E-state index contributed by atoms with van der Waals surface area (Å²) in [5, 5.41) is 0.642. The quantitative estimate of drug-likeness (QED) is 0.445. The number of amides is 2. The molecule has 2 bridgehead atoms. The summed E-state index contributed by atoms with van der Waals surface area (Å²) in [6.45, 7) is 2.34. The Bertz CT molecular complexity index is 445. The molecule has 1 saturated heterocycles. The third-order valence-corrected chi connectivity index (χ3v) is 4.21. The van der Waals surface area contributed by atoms with E-state index in [0.29, 0.717) is 6.61 Å². The number of carbonyl (C=O) groups is 2. The number of ether oxygens (including phenoxy) is 1. The summed E-state index contributed by atoms with van der Waals surface area (Å²) in [6, 6.07) is 0. The number of hydrogen-bond donors (Lipinski definition) is 0. The van der Waals surface area contributed by atoms with E-state index in [4.69, 9.17) is 21.8 Å². The van der Waals surface area contributed by atoms with Crippen LogP contribution in [-0.2, 0) is 19.2 Å². The van der Waals surface area contributed by atoms with Gasteiger partial charge in [-0.2, -0.15) is 0 Å². The molecule has 0 N–H and O–H groups in total. The Morgan fingerprint density at radius 3 is 2.42 bits per heavy atom. The molecule has 19 heavy (non-hydrogen) atoms. The number of carbonyl (C=O) groups excluding carboxylic acids is 2. The van der Waals surface area contributed by atoms with Crippen molar-refractivity contribution in [3.05, 3.63) is 12.2 Å². The van der Waals surface area contributed by atoms with Crippen LogP contribution in [0.2, 0.25) is 0 Å². The Morgan fingerprint density at radius 1 is 1.32 bits per heavy atom. The smallest absolute Gasteiger partial charge is 0.378 e. The van der Waals surface area contributed by atoms with Crippen LogP contribution in [0.3, 0.4) is 0 Å². The molecule has 102 valence electrons. The second-order valence-electron chi connectivity index (χ2n) is 5.16. The number of rotatable bonds is 3. The normalized spacial score (nSPS) is 34.9. The Kier molecular flexibility index (Phi) is 3.05. The van der Waals surface area contributed by atoms with E-state index in [9.17, 15) is 9.59 Å². The zero-order chi connectivity index (χ0) is 13.6. The number of thiocarbonyl (C=S) groups is 1. The highest BCUT2D eigenvalue weighted by Crippen LogP contribution is 2.52. The molecule has 6 heteroatoms. The molecule has 0 aromatic heterocycles. The summed E-state index contributed by atoms with van der Waals surface area (Å²) in [6.07, 6.45) is 5.75. The average Bonchev–Trinajstić information content (AvgIpc) is 3.06. The topological polar surface area (TPSA) is 55.8 Å². The van der Waals surface area contributed by atoms with Gasteiger partial charge in [0.15, 0.2) is 0 Å². The first kappa shape index (κ1) is 12.6. The molecule has 1 saturated carbocycles. The third kappa shape index (κ3) is 1.85. The van der Waals surface area contributed by atoms with Crippen LogP contribution in [0.5, 0.6) is 0 Å². The van der Waals surface area contributed by atoms with Gasteiger partial charge in [-0.25, -0.2) is 0 Å². The fourth-order valence-corrected chi connectivity index (χ4v) is 3.41. The van der Waals surface area contributed by atoms with Crippen LogP contribution in [0.1, 0.15) is 19.8 Å². The van der Waals surface area contributed by atoms with Crippen LogP contribution in [0.4, 0.5) is 0 Å². The van der Waals surface area contributed by atoms with Gasteiger partial charge in [-0.15, -0.1) is 5.06 Å². The summed E-state index contributed by atoms with van der Waals surface area (Å²) >= 11 is 4.86. The Balaban J connectivity index is 1.70. The lowest BCUT2D eigenvalue weighted by atomic mass is 9.85. The van der Waals surface area contributed by atoms with Gasteiger partial charge in [0.05, 0.1) is 18.4 Å². The molecule has 3 aliphatic rings. The maximum absolute atomic E-state index is 12.2. The second kappa shape index (κ2) is 4.59. The molecule has 2 amide bonds. The second-order valence-corrected chi connectivity index (χ2v) is 5.49. The highest BCUT2D eigenvalue weighted by atomic mass is 32.1. The number of hydroxylamine groups is 2. The fourth-order valence-electron chi connectivity index (χ4n) is 3.25. The van der Waals surface area contributed by atoms with Crippen LogP contribution in [0.15, 0.2) is 12.2 Å². The van der Waals surface area contributed by atoms with Crippen LogP contribution < -0.4 is 0 Å².